The average molecular weight is 318 g/mol. The molecular weight excluding hydrogens is 299 g/mol. The molecule has 1 heterocycles. The van der Waals surface area contributed by atoms with Crippen molar-refractivity contribution in [2.75, 3.05) is 0 Å². The van der Waals surface area contributed by atoms with Crippen LogP contribution in [0.2, 0.25) is 0 Å². The summed E-state index contributed by atoms with van der Waals surface area (Å²) in [5, 5.41) is 1.97. The summed E-state index contributed by atoms with van der Waals surface area (Å²) in [6, 6.07) is 22.8. The van der Waals surface area contributed by atoms with E-state index in [2.05, 4.69) is 50.2 Å². The van der Waals surface area contributed by atoms with Crippen LogP contribution < -0.4 is 10.6 Å². The molecule has 0 radical (unpaired) electrons. The van der Waals surface area contributed by atoms with Gasteiger partial charge in [-0.3, -0.25) is 0 Å². The van der Waals surface area contributed by atoms with Crippen LogP contribution >= 0.6 is 7.14 Å². The predicted octanol–water partition coefficient (Wildman–Crippen LogP) is 4.80. The minimum Gasteiger partial charge on any atom is -0.313 e. The molecule has 0 N–H and O–H groups in total. The molecule has 23 heavy (non-hydrogen) atoms. The third kappa shape index (κ3) is 2.28. The van der Waals surface area contributed by atoms with E-state index < -0.39 is 7.14 Å². The molecule has 1 aliphatic heterocycles. The van der Waals surface area contributed by atoms with Gasteiger partial charge < -0.3 is 4.57 Å². The highest BCUT2D eigenvalue weighted by Crippen LogP contribution is 2.54. The van der Waals surface area contributed by atoms with Gasteiger partial charge in [-0.2, -0.15) is 0 Å². The van der Waals surface area contributed by atoms with Gasteiger partial charge in [0.15, 0.2) is 0 Å². The highest BCUT2D eigenvalue weighted by Gasteiger charge is 2.35. The van der Waals surface area contributed by atoms with E-state index in [0.717, 1.165) is 21.7 Å². The lowest BCUT2D eigenvalue weighted by atomic mass is 9.97. The maximum Gasteiger partial charge on any atom is 0.148 e. The van der Waals surface area contributed by atoms with Gasteiger partial charge >= 0.3 is 0 Å². The molecule has 0 amide bonds. The van der Waals surface area contributed by atoms with E-state index in [-0.39, 0.29) is 0 Å². The second-order valence-corrected chi connectivity index (χ2v) is 9.21. The normalized spacial score (nSPS) is 19.0. The van der Waals surface area contributed by atoms with Gasteiger partial charge in [0.2, 0.25) is 0 Å². The van der Waals surface area contributed by atoms with Crippen molar-refractivity contribution in [1.29, 1.82) is 0 Å². The molecule has 3 aromatic carbocycles. The molecule has 0 saturated heterocycles. The number of rotatable bonds is 1. The van der Waals surface area contributed by atoms with Crippen LogP contribution in [0.25, 0.3) is 11.1 Å². The zero-order valence-electron chi connectivity index (χ0n) is 13.4. The van der Waals surface area contributed by atoms with E-state index in [1.807, 2.05) is 30.3 Å². The van der Waals surface area contributed by atoms with E-state index in [1.165, 1.54) is 16.7 Å². The molecule has 114 valence electrons. The van der Waals surface area contributed by atoms with Gasteiger partial charge in [-0.25, -0.2) is 0 Å². The van der Waals surface area contributed by atoms with Gasteiger partial charge in [-0.1, -0.05) is 71.8 Å². The molecule has 1 nitrogen and oxygen atoms in total. The third-order valence-corrected chi connectivity index (χ3v) is 7.73. The molecule has 1 unspecified atom stereocenters. The molecule has 0 fully saturated rings. The SMILES string of the molecule is Cc1ccc2c(c1)CP(=O)(c1ccccc1)c1cc(C)ccc1-2. The lowest BCUT2D eigenvalue weighted by Gasteiger charge is -2.29. The zero-order chi connectivity index (χ0) is 16.0. The Labute approximate surface area is 137 Å². The predicted molar refractivity (Wildman–Crippen MR) is 98.4 cm³/mol. The minimum atomic E-state index is -2.63. The number of fused-ring (bicyclic) bond motifs is 3. The molecule has 2 heteroatoms. The van der Waals surface area contributed by atoms with Crippen molar-refractivity contribution in [3.8, 4) is 11.1 Å². The fraction of sp³-hybridized carbons (Fsp3) is 0.143. The van der Waals surface area contributed by atoms with Crippen molar-refractivity contribution in [2.45, 2.75) is 20.0 Å². The van der Waals surface area contributed by atoms with Gasteiger partial charge in [-0.05, 0) is 36.6 Å². The number of hydrogen-bond donors (Lipinski definition) is 0. The summed E-state index contributed by atoms with van der Waals surface area (Å²) in [5.41, 5.74) is 5.94. The summed E-state index contributed by atoms with van der Waals surface area (Å²) >= 11 is 0. The highest BCUT2D eigenvalue weighted by molar-refractivity contribution is 7.78. The average Bonchev–Trinajstić information content (AvgIpc) is 2.56. The summed E-state index contributed by atoms with van der Waals surface area (Å²) < 4.78 is 14.1. The number of benzene rings is 3. The van der Waals surface area contributed by atoms with E-state index >= 15 is 0 Å². The second-order valence-electron chi connectivity index (χ2n) is 6.41. The quantitative estimate of drug-likeness (QED) is 0.589. The Morgan fingerprint density at radius 2 is 1.43 bits per heavy atom. The van der Waals surface area contributed by atoms with E-state index in [0.29, 0.717) is 6.16 Å². The van der Waals surface area contributed by atoms with Crippen LogP contribution in [0, 0.1) is 13.8 Å². The zero-order valence-corrected chi connectivity index (χ0v) is 14.3. The molecule has 0 aliphatic carbocycles. The first-order valence-corrected chi connectivity index (χ1v) is 9.83. The number of hydrogen-bond acceptors (Lipinski definition) is 1. The van der Waals surface area contributed by atoms with Crippen LogP contribution in [0.15, 0.2) is 66.7 Å². The van der Waals surface area contributed by atoms with Crippen molar-refractivity contribution in [3.05, 3.63) is 83.4 Å². The Kier molecular flexibility index (Phi) is 3.28. The van der Waals surface area contributed by atoms with Crippen LogP contribution in [-0.2, 0) is 10.7 Å². The maximum absolute atomic E-state index is 14.1. The molecule has 3 aromatic rings. The topological polar surface area (TPSA) is 17.1 Å². The molecule has 0 bridgehead atoms. The molecule has 4 rings (SSSR count). The molecule has 0 spiro atoms. The highest BCUT2D eigenvalue weighted by atomic mass is 31.2. The van der Waals surface area contributed by atoms with Crippen LogP contribution in [0.3, 0.4) is 0 Å². The minimum absolute atomic E-state index is 0.616. The summed E-state index contributed by atoms with van der Waals surface area (Å²) in [6.45, 7) is 4.17. The van der Waals surface area contributed by atoms with Crippen molar-refractivity contribution in [3.63, 3.8) is 0 Å². The van der Waals surface area contributed by atoms with Crippen molar-refractivity contribution in [1.82, 2.24) is 0 Å². The standard InChI is InChI=1S/C21H19OP/c1-15-8-10-19-17(12-15)14-23(22,18-6-4-3-5-7-18)21-13-16(2)9-11-20(19)21/h3-13H,14H2,1-2H3. The van der Waals surface area contributed by atoms with Gasteiger partial charge in [0.05, 0.1) is 0 Å². The smallest absolute Gasteiger partial charge is 0.148 e. The van der Waals surface area contributed by atoms with Gasteiger partial charge in [-0.15, -0.1) is 0 Å². The Morgan fingerprint density at radius 3 is 2.17 bits per heavy atom. The van der Waals surface area contributed by atoms with Crippen LogP contribution in [0.1, 0.15) is 16.7 Å². The Balaban J connectivity index is 2.05. The monoisotopic (exact) mass is 318 g/mol. The van der Waals surface area contributed by atoms with Crippen molar-refractivity contribution >= 4 is 17.8 Å². The van der Waals surface area contributed by atoms with E-state index in [9.17, 15) is 4.57 Å². The Morgan fingerprint density at radius 1 is 0.783 bits per heavy atom. The molecule has 1 aliphatic rings. The molecule has 1 atom stereocenters. The third-order valence-electron chi connectivity index (χ3n) is 4.66. The first kappa shape index (κ1) is 14.5. The summed E-state index contributed by atoms with van der Waals surface area (Å²) in [5.74, 6) is 0. The fourth-order valence-electron chi connectivity index (χ4n) is 3.51. The Hall–Kier alpha value is -2.11. The second kappa shape index (κ2) is 5.22. The summed E-state index contributed by atoms with van der Waals surface area (Å²) in [4.78, 5) is 0. The lowest BCUT2D eigenvalue weighted by molar-refractivity contribution is 0.586. The van der Waals surface area contributed by atoms with Crippen molar-refractivity contribution < 1.29 is 4.57 Å². The van der Waals surface area contributed by atoms with Gasteiger partial charge in [0.1, 0.15) is 7.14 Å². The summed E-state index contributed by atoms with van der Waals surface area (Å²) in [6.07, 6.45) is 0.616. The molecule has 0 saturated carbocycles. The first-order valence-electron chi connectivity index (χ1n) is 7.94. The number of aryl methyl sites for hydroxylation is 2. The fourth-order valence-corrected chi connectivity index (χ4v) is 6.53. The maximum atomic E-state index is 14.1. The molecule has 0 aromatic heterocycles. The van der Waals surface area contributed by atoms with Crippen molar-refractivity contribution in [2.24, 2.45) is 0 Å². The summed E-state index contributed by atoms with van der Waals surface area (Å²) in [7, 11) is -2.63. The van der Waals surface area contributed by atoms with Crippen LogP contribution in [0.4, 0.5) is 0 Å². The Bertz CT molecular complexity index is 941. The van der Waals surface area contributed by atoms with Crippen LogP contribution in [0.5, 0.6) is 0 Å². The first-order chi connectivity index (χ1) is 11.1. The largest absolute Gasteiger partial charge is 0.313 e. The lowest BCUT2D eigenvalue weighted by Crippen LogP contribution is -2.23. The molecular formula is C21H19OP. The van der Waals surface area contributed by atoms with E-state index in [4.69, 9.17) is 0 Å². The van der Waals surface area contributed by atoms with Gasteiger partial charge in [0, 0.05) is 16.8 Å². The van der Waals surface area contributed by atoms with Crippen LogP contribution in [-0.4, -0.2) is 0 Å². The van der Waals surface area contributed by atoms with Gasteiger partial charge in [0.25, 0.3) is 0 Å². The van der Waals surface area contributed by atoms with E-state index in [1.54, 1.807) is 0 Å².